The van der Waals surface area contributed by atoms with Gasteiger partial charge in [-0.15, -0.1) is 0 Å². The van der Waals surface area contributed by atoms with E-state index in [2.05, 4.69) is 24.7 Å². The molecule has 0 aliphatic carbocycles. The second kappa shape index (κ2) is 9.43. The molecule has 2 heterocycles. The van der Waals surface area contributed by atoms with Gasteiger partial charge in [-0.05, 0) is 54.1 Å². The van der Waals surface area contributed by atoms with Crippen LogP contribution in [0.25, 0.3) is 6.08 Å². The van der Waals surface area contributed by atoms with Crippen molar-refractivity contribution in [2.24, 2.45) is 0 Å². The summed E-state index contributed by atoms with van der Waals surface area (Å²) in [5, 5.41) is 0. The molecule has 6 heteroatoms. The number of hydrogen-bond acceptors (Lipinski definition) is 6. The van der Waals surface area contributed by atoms with Crippen molar-refractivity contribution in [2.75, 3.05) is 55.0 Å². The fourth-order valence-corrected chi connectivity index (χ4v) is 3.61. The van der Waals surface area contributed by atoms with Crippen molar-refractivity contribution in [3.63, 3.8) is 0 Å². The van der Waals surface area contributed by atoms with Gasteiger partial charge in [0.1, 0.15) is 0 Å². The Morgan fingerprint density at radius 1 is 0.871 bits per heavy atom. The highest BCUT2D eigenvalue weighted by Crippen LogP contribution is 2.20. The van der Waals surface area contributed by atoms with Crippen molar-refractivity contribution in [1.29, 1.82) is 0 Å². The zero-order valence-electron chi connectivity index (χ0n) is 18.0. The summed E-state index contributed by atoms with van der Waals surface area (Å²) in [5.74, 6) is 0.792. The van der Waals surface area contributed by atoms with E-state index < -0.39 is 0 Å². The number of piperazine rings is 1. The van der Waals surface area contributed by atoms with Gasteiger partial charge in [0, 0.05) is 69.6 Å². The number of carbonyl (C=O) groups is 1. The third-order valence-electron chi connectivity index (χ3n) is 5.47. The molecule has 3 aromatic rings. The highest BCUT2D eigenvalue weighted by Gasteiger charge is 2.19. The molecule has 4 rings (SSSR count). The molecule has 6 nitrogen and oxygen atoms in total. The lowest BCUT2D eigenvalue weighted by Crippen LogP contribution is -2.47. The summed E-state index contributed by atoms with van der Waals surface area (Å²) in [5.41, 5.74) is 3.97. The molecule has 1 fully saturated rings. The van der Waals surface area contributed by atoms with Gasteiger partial charge in [0.2, 0.25) is 5.95 Å². The monoisotopic (exact) mass is 413 g/mol. The highest BCUT2D eigenvalue weighted by molar-refractivity contribution is 6.07. The van der Waals surface area contributed by atoms with E-state index in [0.29, 0.717) is 5.56 Å². The summed E-state index contributed by atoms with van der Waals surface area (Å²) < 4.78 is 0. The lowest BCUT2D eigenvalue weighted by Gasteiger charge is -2.36. The predicted octanol–water partition coefficient (Wildman–Crippen LogP) is 3.77. The van der Waals surface area contributed by atoms with Gasteiger partial charge in [-0.3, -0.25) is 4.79 Å². The van der Waals surface area contributed by atoms with Crippen LogP contribution in [0.1, 0.15) is 15.9 Å². The minimum absolute atomic E-state index is 0.00859. The molecule has 1 aliphatic rings. The average molecular weight is 414 g/mol. The highest BCUT2D eigenvalue weighted by atomic mass is 16.1. The van der Waals surface area contributed by atoms with E-state index in [9.17, 15) is 4.79 Å². The maximum Gasteiger partial charge on any atom is 0.225 e. The normalized spacial score (nSPS) is 14.1. The quantitative estimate of drug-likeness (QED) is 0.453. The Morgan fingerprint density at radius 3 is 2.10 bits per heavy atom. The zero-order valence-corrected chi connectivity index (χ0v) is 18.0. The lowest BCUT2D eigenvalue weighted by molar-refractivity contribution is 0.104. The van der Waals surface area contributed by atoms with Gasteiger partial charge in [-0.2, -0.15) is 0 Å². The number of benzene rings is 2. The molecule has 2 aromatic carbocycles. The van der Waals surface area contributed by atoms with Crippen molar-refractivity contribution in [3.8, 4) is 0 Å². The molecule has 1 saturated heterocycles. The minimum Gasteiger partial charge on any atom is -0.378 e. The zero-order chi connectivity index (χ0) is 21.6. The largest absolute Gasteiger partial charge is 0.378 e. The first-order valence-corrected chi connectivity index (χ1v) is 10.5. The van der Waals surface area contributed by atoms with Crippen LogP contribution in [0.15, 0.2) is 73.1 Å². The molecule has 0 amide bonds. The molecular weight excluding hydrogens is 386 g/mol. The van der Waals surface area contributed by atoms with Crippen LogP contribution in [0.3, 0.4) is 0 Å². The molecule has 1 aromatic heterocycles. The van der Waals surface area contributed by atoms with E-state index in [1.54, 1.807) is 18.5 Å². The number of hydrogen-bond donors (Lipinski definition) is 0. The molecule has 1 aliphatic heterocycles. The standard InChI is InChI=1S/C25H27N5O/c1-28(2)22-9-4-20(5-10-22)6-13-24(31)21-7-11-23(12-8-21)29-16-18-30(19-17-29)25-26-14-3-15-27-25/h3-15H,16-19H2,1-2H3/b13-6+. The van der Waals surface area contributed by atoms with Gasteiger partial charge >= 0.3 is 0 Å². The third-order valence-corrected chi connectivity index (χ3v) is 5.47. The summed E-state index contributed by atoms with van der Waals surface area (Å²) in [7, 11) is 4.02. The van der Waals surface area contributed by atoms with Gasteiger partial charge < -0.3 is 14.7 Å². The van der Waals surface area contributed by atoms with Crippen LogP contribution < -0.4 is 14.7 Å². The van der Waals surface area contributed by atoms with Gasteiger partial charge in [-0.1, -0.05) is 18.2 Å². The number of ketones is 1. The number of rotatable bonds is 6. The fraction of sp³-hybridized carbons (Fsp3) is 0.240. The van der Waals surface area contributed by atoms with E-state index in [4.69, 9.17) is 0 Å². The first-order chi connectivity index (χ1) is 15.1. The molecule has 0 spiro atoms. The number of carbonyl (C=O) groups excluding carboxylic acids is 1. The number of allylic oxidation sites excluding steroid dienone is 1. The topological polar surface area (TPSA) is 52.6 Å². The number of nitrogens with zero attached hydrogens (tertiary/aromatic N) is 5. The molecule has 0 atom stereocenters. The Morgan fingerprint density at radius 2 is 1.48 bits per heavy atom. The molecule has 31 heavy (non-hydrogen) atoms. The SMILES string of the molecule is CN(C)c1ccc(/C=C/C(=O)c2ccc(N3CCN(c4ncccn4)CC3)cc2)cc1. The van der Waals surface area contributed by atoms with Crippen molar-refractivity contribution in [2.45, 2.75) is 0 Å². The van der Waals surface area contributed by atoms with Crippen molar-refractivity contribution >= 4 is 29.2 Å². The Hall–Kier alpha value is -3.67. The summed E-state index contributed by atoms with van der Waals surface area (Å²) in [6.07, 6.45) is 7.05. The summed E-state index contributed by atoms with van der Waals surface area (Å²) in [6, 6.07) is 17.8. The van der Waals surface area contributed by atoms with Crippen LogP contribution in [0, 0.1) is 0 Å². The second-order valence-corrected chi connectivity index (χ2v) is 7.75. The van der Waals surface area contributed by atoms with Gasteiger partial charge in [0.05, 0.1) is 0 Å². The molecular formula is C25H27N5O. The van der Waals surface area contributed by atoms with Crippen molar-refractivity contribution < 1.29 is 4.79 Å². The Labute approximate surface area is 183 Å². The van der Waals surface area contributed by atoms with Crippen molar-refractivity contribution in [3.05, 3.63) is 84.2 Å². The Kier molecular flexibility index (Phi) is 6.26. The molecule has 158 valence electrons. The predicted molar refractivity (Wildman–Crippen MR) is 127 cm³/mol. The summed E-state index contributed by atoms with van der Waals surface area (Å²) in [6.45, 7) is 3.54. The van der Waals surface area contributed by atoms with Crippen LogP contribution in [-0.4, -0.2) is 56.0 Å². The fourth-order valence-electron chi connectivity index (χ4n) is 3.61. The maximum absolute atomic E-state index is 12.6. The third kappa shape index (κ3) is 5.09. The van der Waals surface area contributed by atoms with E-state index >= 15 is 0 Å². The Bertz CT molecular complexity index is 1020. The molecule has 0 saturated carbocycles. The first-order valence-electron chi connectivity index (χ1n) is 10.5. The molecule has 0 bridgehead atoms. The lowest BCUT2D eigenvalue weighted by atomic mass is 10.1. The number of aromatic nitrogens is 2. The van der Waals surface area contributed by atoms with E-state index in [0.717, 1.165) is 49.1 Å². The van der Waals surface area contributed by atoms with Crippen LogP contribution in [-0.2, 0) is 0 Å². The summed E-state index contributed by atoms with van der Waals surface area (Å²) >= 11 is 0. The van der Waals surface area contributed by atoms with Gasteiger partial charge in [-0.25, -0.2) is 9.97 Å². The molecule has 0 radical (unpaired) electrons. The van der Waals surface area contributed by atoms with Gasteiger partial charge in [0.25, 0.3) is 0 Å². The van der Waals surface area contributed by atoms with Crippen LogP contribution in [0.5, 0.6) is 0 Å². The van der Waals surface area contributed by atoms with E-state index in [-0.39, 0.29) is 5.78 Å². The smallest absolute Gasteiger partial charge is 0.225 e. The first kappa shape index (κ1) is 20.6. The minimum atomic E-state index is 0.00859. The van der Waals surface area contributed by atoms with Crippen molar-refractivity contribution in [1.82, 2.24) is 9.97 Å². The maximum atomic E-state index is 12.6. The number of anilines is 3. The van der Waals surface area contributed by atoms with E-state index in [1.807, 2.05) is 74.8 Å². The summed E-state index contributed by atoms with van der Waals surface area (Å²) in [4.78, 5) is 27.8. The van der Waals surface area contributed by atoms with Crippen LogP contribution in [0.2, 0.25) is 0 Å². The average Bonchev–Trinajstić information content (AvgIpc) is 2.83. The van der Waals surface area contributed by atoms with Crippen LogP contribution >= 0.6 is 0 Å². The molecule has 0 unspecified atom stereocenters. The van der Waals surface area contributed by atoms with Gasteiger partial charge in [0.15, 0.2) is 5.78 Å². The Balaban J connectivity index is 1.34. The second-order valence-electron chi connectivity index (χ2n) is 7.75. The molecule has 0 N–H and O–H groups in total. The van der Waals surface area contributed by atoms with E-state index in [1.165, 1.54) is 0 Å². The van der Waals surface area contributed by atoms with Crippen LogP contribution in [0.4, 0.5) is 17.3 Å².